The molecule has 0 radical (unpaired) electrons. The Hall–Kier alpha value is -2.65. The van der Waals surface area contributed by atoms with Crippen molar-refractivity contribution >= 4 is 39.1 Å². The van der Waals surface area contributed by atoms with Crippen molar-refractivity contribution in [3.8, 4) is 6.07 Å². The van der Waals surface area contributed by atoms with Crippen molar-refractivity contribution in [3.05, 3.63) is 28.5 Å². The lowest BCUT2D eigenvalue weighted by atomic mass is 10.1. The number of ether oxygens (including phenoxy) is 4. The number of fused-ring (bicyclic) bond motifs is 1. The predicted octanol–water partition coefficient (Wildman–Crippen LogP) is 5.79. The van der Waals surface area contributed by atoms with Gasteiger partial charge in [-0.1, -0.05) is 13.8 Å². The maximum atomic E-state index is 14.6. The predicted molar refractivity (Wildman–Crippen MR) is 198 cm³/mol. The molecule has 0 saturated carbocycles. The van der Waals surface area contributed by atoms with E-state index in [4.69, 9.17) is 37.0 Å². The van der Waals surface area contributed by atoms with Crippen LogP contribution in [0.2, 0.25) is 0 Å². The number of carbonyl (C=O) groups is 1. The molecule has 53 heavy (non-hydrogen) atoms. The highest BCUT2D eigenvalue weighted by atomic mass is 31.2. The number of carbonyl (C=O) groups excluding carboxylic acids is 1. The van der Waals surface area contributed by atoms with Crippen molar-refractivity contribution in [1.82, 2.24) is 24.2 Å². The smallest absolute Gasteiger partial charge is 0.358 e. The molecule has 2 aromatic rings. The Morgan fingerprint density at radius 1 is 1.15 bits per heavy atom. The molecule has 5 atom stereocenters. The average molecular weight is 790 g/mol. The number of nitriles is 1. The van der Waals surface area contributed by atoms with Crippen LogP contribution in [0.3, 0.4) is 0 Å². The number of anilines is 1. The second-order valence-electron chi connectivity index (χ2n) is 13.8. The number of methoxy groups -OCH3 is 3. The SMILES string of the molecule is [2H]/C(=C(/[2H])P(=O)(OC(C)(C)OC)OC(C)(C)OC)[C@H]1O[C@@H](n2cnc3c(=O)[nH]c(NC(=O)C(C)C)nc32)[C@H](OC)[C@@H]1OP(OCCC#N)N(C(C)C)C(C)C. The van der Waals surface area contributed by atoms with Crippen LogP contribution in [-0.2, 0) is 46.4 Å². The standard InChI is InChI=1S/C33H55N7O11P2/c1-20(2)28(41)37-31-36-27-24(29(42)38-31)35-19-39(27)30-26(44-11)25(49-52(47-17-14-16-34)40(21(3)4)22(5)6)23(48-30)15-18-53(43,50-32(7,8)45-12)51-33(9,10)46-13/h15,18-23,25-26,30H,14,17H2,1-13H3,(H2,36,37,38,41,42)/b18-15+/t23-,25-,26-,30-,52?/m1/s1/i15D,18D. The molecule has 0 aliphatic carbocycles. The minimum atomic E-state index is -4.77. The molecule has 1 unspecified atom stereocenters. The largest absolute Gasteiger partial charge is 0.374 e. The minimum Gasteiger partial charge on any atom is -0.374 e. The van der Waals surface area contributed by atoms with Gasteiger partial charge in [0.05, 0.1) is 28.2 Å². The van der Waals surface area contributed by atoms with Gasteiger partial charge in [-0.15, -0.1) is 0 Å². The Labute approximate surface area is 315 Å². The monoisotopic (exact) mass is 789 g/mol. The number of hydrogen-bond donors (Lipinski definition) is 2. The lowest BCUT2D eigenvalue weighted by molar-refractivity contribution is -0.171. The highest BCUT2D eigenvalue weighted by Gasteiger charge is 2.50. The Bertz CT molecular complexity index is 1790. The van der Waals surface area contributed by atoms with Gasteiger partial charge < -0.3 is 28.0 Å². The quantitative estimate of drug-likeness (QED) is 0.0923. The average Bonchev–Trinajstić information content (AvgIpc) is 3.68. The van der Waals surface area contributed by atoms with Crippen LogP contribution in [0.15, 0.2) is 23.0 Å². The third kappa shape index (κ3) is 11.7. The van der Waals surface area contributed by atoms with Crippen molar-refractivity contribution in [2.45, 2.75) is 124 Å². The molecule has 298 valence electrons. The summed E-state index contributed by atoms with van der Waals surface area (Å²) in [5.41, 5.74) is -0.743. The summed E-state index contributed by atoms with van der Waals surface area (Å²) in [6, 6.07) is 1.16. The second kappa shape index (κ2) is 18.8. The molecule has 20 heteroatoms. The first-order chi connectivity index (χ1) is 25.6. The number of nitrogens with one attached hydrogen (secondary N) is 2. The van der Waals surface area contributed by atoms with E-state index in [1.165, 1.54) is 59.9 Å². The van der Waals surface area contributed by atoms with Crippen LogP contribution >= 0.6 is 16.1 Å². The van der Waals surface area contributed by atoms with Gasteiger partial charge in [-0.3, -0.25) is 38.1 Å². The van der Waals surface area contributed by atoms with Gasteiger partial charge >= 0.3 is 7.60 Å². The fourth-order valence-corrected chi connectivity index (χ4v) is 8.50. The van der Waals surface area contributed by atoms with Gasteiger partial charge in [0, 0.05) is 45.1 Å². The van der Waals surface area contributed by atoms with Gasteiger partial charge in [0.2, 0.25) is 11.9 Å². The van der Waals surface area contributed by atoms with Crippen molar-refractivity contribution in [1.29, 1.82) is 5.26 Å². The lowest BCUT2D eigenvalue weighted by Crippen LogP contribution is -2.39. The van der Waals surface area contributed by atoms with E-state index >= 15 is 0 Å². The van der Waals surface area contributed by atoms with E-state index in [-0.39, 0.29) is 42.2 Å². The summed E-state index contributed by atoms with van der Waals surface area (Å²) in [4.78, 5) is 36.8. The highest BCUT2D eigenvalue weighted by Crippen LogP contribution is 2.57. The molecule has 0 spiro atoms. The maximum Gasteiger partial charge on any atom is 0.358 e. The number of amides is 1. The van der Waals surface area contributed by atoms with Gasteiger partial charge in [-0.25, -0.2) is 9.65 Å². The fourth-order valence-electron chi connectivity index (χ4n) is 5.04. The van der Waals surface area contributed by atoms with Gasteiger partial charge in [-0.2, -0.15) is 10.2 Å². The van der Waals surface area contributed by atoms with Crippen LogP contribution in [-0.4, -0.2) is 100 Å². The van der Waals surface area contributed by atoms with Crippen molar-refractivity contribution in [2.24, 2.45) is 5.92 Å². The van der Waals surface area contributed by atoms with E-state index in [0.717, 1.165) is 0 Å². The molecule has 3 heterocycles. The summed E-state index contributed by atoms with van der Waals surface area (Å²) in [7, 11) is -2.76. The van der Waals surface area contributed by atoms with Gasteiger partial charge in [-0.05, 0) is 61.4 Å². The number of hydrogen-bond acceptors (Lipinski definition) is 15. The summed E-state index contributed by atoms with van der Waals surface area (Å²) < 4.78 is 84.3. The molecule has 1 aliphatic heterocycles. The first-order valence-electron chi connectivity index (χ1n) is 18.1. The first-order valence-corrected chi connectivity index (χ1v) is 19.7. The summed E-state index contributed by atoms with van der Waals surface area (Å²) in [5.74, 6) is -4.95. The van der Waals surface area contributed by atoms with Crippen LogP contribution < -0.4 is 10.9 Å². The first kappa shape index (κ1) is 41.5. The summed E-state index contributed by atoms with van der Waals surface area (Å²) in [6.07, 6.45) is -3.81. The molecular weight excluding hydrogens is 732 g/mol. The van der Waals surface area contributed by atoms with Gasteiger partial charge in [0.15, 0.2) is 29.0 Å². The third-order valence-electron chi connectivity index (χ3n) is 7.82. The third-order valence-corrected chi connectivity index (χ3v) is 11.7. The van der Waals surface area contributed by atoms with E-state index in [9.17, 15) is 22.2 Å². The van der Waals surface area contributed by atoms with Crippen molar-refractivity contribution in [3.63, 3.8) is 0 Å². The number of H-pyrrole nitrogens is 1. The zero-order valence-electron chi connectivity index (χ0n) is 34.7. The summed E-state index contributed by atoms with van der Waals surface area (Å²) >= 11 is 0. The fraction of sp³-hybridized carbons (Fsp3) is 0.727. The lowest BCUT2D eigenvalue weighted by Gasteiger charge is -2.38. The number of aromatic nitrogens is 4. The Morgan fingerprint density at radius 2 is 1.75 bits per heavy atom. The van der Waals surface area contributed by atoms with E-state index in [0.29, 0.717) is 0 Å². The van der Waals surface area contributed by atoms with E-state index in [2.05, 4.69) is 26.3 Å². The molecular formula is C33H55N7O11P2. The Morgan fingerprint density at radius 3 is 2.26 bits per heavy atom. The van der Waals surface area contributed by atoms with Crippen molar-refractivity contribution < 1.29 is 49.1 Å². The number of aromatic amines is 1. The molecule has 1 fully saturated rings. The normalized spacial score (nSPS) is 21.7. The molecule has 1 saturated heterocycles. The minimum absolute atomic E-state index is 0.00425. The molecule has 1 amide bonds. The summed E-state index contributed by atoms with van der Waals surface area (Å²) in [6.45, 7) is 17.0. The molecule has 18 nitrogen and oxygen atoms in total. The van der Waals surface area contributed by atoms with E-state index < -0.39 is 81.5 Å². The zero-order chi connectivity index (χ0) is 41.6. The second-order valence-corrected chi connectivity index (χ2v) is 16.8. The number of nitrogens with zero attached hydrogens (tertiary/aromatic N) is 5. The Balaban J connectivity index is 2.32. The topological polar surface area (TPSA) is 211 Å². The maximum absolute atomic E-state index is 14.6. The van der Waals surface area contributed by atoms with E-state index in [1.807, 2.05) is 32.4 Å². The van der Waals surface area contributed by atoms with Gasteiger partial charge in [0.25, 0.3) is 14.1 Å². The van der Waals surface area contributed by atoms with E-state index in [1.54, 1.807) is 13.8 Å². The van der Waals surface area contributed by atoms with Gasteiger partial charge in [0.1, 0.15) is 18.3 Å². The highest BCUT2D eigenvalue weighted by molar-refractivity contribution is 7.57. The number of rotatable bonds is 20. The van der Waals surface area contributed by atoms with Crippen LogP contribution in [0, 0.1) is 17.2 Å². The molecule has 3 rings (SSSR count). The van der Waals surface area contributed by atoms with Crippen LogP contribution in [0.1, 0.15) is 84.6 Å². The molecule has 1 aliphatic rings. The molecule has 2 aromatic heterocycles. The molecule has 0 bridgehead atoms. The molecule has 0 aromatic carbocycles. The molecule has 2 N–H and O–H groups in total. The van der Waals surface area contributed by atoms with Crippen molar-refractivity contribution in [2.75, 3.05) is 33.3 Å². The number of imidazole rings is 1. The van der Waals surface area contributed by atoms with Crippen LogP contribution in [0.25, 0.3) is 11.2 Å². The van der Waals surface area contributed by atoms with Crippen LogP contribution in [0.4, 0.5) is 5.95 Å². The Kier molecular flexibility index (Phi) is 14.7. The summed E-state index contributed by atoms with van der Waals surface area (Å²) in [5, 5.41) is 11.9. The zero-order valence-corrected chi connectivity index (χ0v) is 34.4. The van der Waals surface area contributed by atoms with Crippen LogP contribution in [0.5, 0.6) is 0 Å².